The number of hydrogen-bond donors (Lipinski definition) is 3. The smallest absolute Gasteiger partial charge is 0.224 e. The zero-order valence-corrected chi connectivity index (χ0v) is 16.6. The van der Waals surface area contributed by atoms with Crippen molar-refractivity contribution in [3.63, 3.8) is 0 Å². The van der Waals surface area contributed by atoms with Gasteiger partial charge in [-0.25, -0.2) is 0 Å². The first-order valence-corrected chi connectivity index (χ1v) is 10.2. The van der Waals surface area contributed by atoms with Gasteiger partial charge in [0.25, 0.3) is 0 Å². The van der Waals surface area contributed by atoms with E-state index in [1.54, 1.807) is 12.3 Å². The molecule has 29 heavy (non-hydrogen) atoms. The van der Waals surface area contributed by atoms with Gasteiger partial charge in [-0.2, -0.15) is 5.10 Å². The fourth-order valence-corrected chi connectivity index (χ4v) is 4.16. The summed E-state index contributed by atoms with van der Waals surface area (Å²) in [4.78, 5) is 28.5. The molecule has 0 saturated heterocycles. The average molecular weight is 390 g/mol. The number of aromatic nitrogens is 1. The number of Topliss-reactive ketones (excluding diaryl/α,β-unsaturated/α-hetero) is 1. The zero-order valence-electron chi connectivity index (χ0n) is 16.6. The van der Waals surface area contributed by atoms with E-state index in [4.69, 9.17) is 0 Å². The summed E-state index contributed by atoms with van der Waals surface area (Å²) in [5, 5.41) is 7.91. The van der Waals surface area contributed by atoms with Crippen molar-refractivity contribution >= 4 is 34.5 Å². The van der Waals surface area contributed by atoms with Crippen LogP contribution in [0.2, 0.25) is 0 Å². The Morgan fingerprint density at radius 2 is 2.21 bits per heavy atom. The fraction of sp³-hybridized carbons (Fsp3) is 0.348. The standard InChI is InChI=1S/C23H26N4O2/c1-15-6-4-2-3-5-7-16(8-15)9-22(29)27-18-10-19-21(28)14-26-25-13-17-12-24-20(11-18)23(17)19/h2-4,6,10-13,15-16,24,26H,5,7-9,14H2,1H3,(H,27,29)/b3-2-,6-4-,25-13-. The van der Waals surface area contributed by atoms with Gasteiger partial charge in [0, 0.05) is 40.3 Å². The summed E-state index contributed by atoms with van der Waals surface area (Å²) in [6, 6.07) is 3.66. The topological polar surface area (TPSA) is 86.3 Å². The highest BCUT2D eigenvalue weighted by atomic mass is 16.1. The van der Waals surface area contributed by atoms with Crippen molar-refractivity contribution in [1.29, 1.82) is 0 Å². The molecule has 1 aromatic carbocycles. The van der Waals surface area contributed by atoms with Gasteiger partial charge in [-0.3, -0.25) is 9.59 Å². The van der Waals surface area contributed by atoms with Crippen LogP contribution in [0.1, 0.15) is 48.5 Å². The van der Waals surface area contributed by atoms with E-state index in [0.29, 0.717) is 29.5 Å². The minimum absolute atomic E-state index is 0.00860. The number of hydrogen-bond acceptors (Lipinski definition) is 4. The third-order valence-corrected chi connectivity index (χ3v) is 5.54. The number of nitrogens with zero attached hydrogens (tertiary/aromatic N) is 1. The third kappa shape index (κ3) is 4.47. The number of carbonyl (C=O) groups excluding carboxylic acids is 2. The molecule has 2 aliphatic rings. The summed E-state index contributed by atoms with van der Waals surface area (Å²) in [6.07, 6.45) is 15.5. The van der Waals surface area contributed by atoms with Gasteiger partial charge in [-0.05, 0) is 43.2 Å². The molecule has 150 valence electrons. The molecule has 6 nitrogen and oxygen atoms in total. The molecule has 2 aromatic rings. The Morgan fingerprint density at radius 1 is 1.31 bits per heavy atom. The Labute approximate surface area is 170 Å². The molecule has 1 amide bonds. The van der Waals surface area contributed by atoms with Gasteiger partial charge < -0.3 is 15.7 Å². The largest absolute Gasteiger partial charge is 0.360 e. The monoisotopic (exact) mass is 390 g/mol. The van der Waals surface area contributed by atoms with E-state index in [1.165, 1.54) is 0 Å². The number of amides is 1. The Kier molecular flexibility index (Phi) is 5.60. The second kappa shape index (κ2) is 8.47. The maximum absolute atomic E-state index is 12.8. The quantitative estimate of drug-likeness (QED) is 0.735. The minimum atomic E-state index is -0.0486. The first-order valence-electron chi connectivity index (χ1n) is 10.2. The Bertz CT molecular complexity index is 1020. The van der Waals surface area contributed by atoms with Crippen LogP contribution in [0.4, 0.5) is 5.69 Å². The molecule has 0 bridgehead atoms. The van der Waals surface area contributed by atoms with Gasteiger partial charge >= 0.3 is 0 Å². The molecule has 2 atom stereocenters. The van der Waals surface area contributed by atoms with Crippen LogP contribution in [0, 0.1) is 11.8 Å². The molecule has 4 rings (SSSR count). The first kappa shape index (κ1) is 19.2. The number of aromatic amines is 1. The highest BCUT2D eigenvalue weighted by molar-refractivity contribution is 6.15. The summed E-state index contributed by atoms with van der Waals surface area (Å²) < 4.78 is 0. The first-order chi connectivity index (χ1) is 14.1. The van der Waals surface area contributed by atoms with Gasteiger partial charge in [0.1, 0.15) is 0 Å². The van der Waals surface area contributed by atoms with Gasteiger partial charge in [0.15, 0.2) is 5.78 Å². The van der Waals surface area contributed by atoms with Crippen molar-refractivity contribution < 1.29 is 9.59 Å². The minimum Gasteiger partial charge on any atom is -0.360 e. The normalized spacial score (nSPS) is 24.9. The van der Waals surface area contributed by atoms with Crippen LogP contribution in [-0.4, -0.2) is 29.4 Å². The van der Waals surface area contributed by atoms with Crippen LogP contribution < -0.4 is 10.7 Å². The molecule has 0 saturated carbocycles. The molecular weight excluding hydrogens is 364 g/mol. The Balaban J connectivity index is 1.53. The summed E-state index contributed by atoms with van der Waals surface area (Å²) in [7, 11) is 0. The lowest BCUT2D eigenvalue weighted by Gasteiger charge is -2.18. The molecular formula is C23H26N4O2. The van der Waals surface area contributed by atoms with E-state index in [1.807, 2.05) is 12.3 Å². The lowest BCUT2D eigenvalue weighted by Crippen LogP contribution is -2.21. The number of H-pyrrole nitrogens is 1. The molecule has 1 aliphatic heterocycles. The van der Waals surface area contributed by atoms with Crippen molar-refractivity contribution in [1.82, 2.24) is 10.4 Å². The number of rotatable bonds is 3. The maximum atomic E-state index is 12.8. The van der Waals surface area contributed by atoms with E-state index in [0.717, 1.165) is 35.7 Å². The molecule has 6 heteroatoms. The summed E-state index contributed by atoms with van der Waals surface area (Å²) in [6.45, 7) is 2.32. The van der Waals surface area contributed by atoms with Gasteiger partial charge in [0.05, 0.1) is 12.8 Å². The summed E-state index contributed by atoms with van der Waals surface area (Å²) in [5.74, 6) is 0.733. The summed E-state index contributed by atoms with van der Waals surface area (Å²) in [5.41, 5.74) is 5.67. The number of hydrazone groups is 1. The number of ketones is 1. The molecule has 1 aromatic heterocycles. The maximum Gasteiger partial charge on any atom is 0.224 e. The van der Waals surface area contributed by atoms with Crippen LogP contribution in [0.3, 0.4) is 0 Å². The second-order valence-corrected chi connectivity index (χ2v) is 7.93. The predicted octanol–water partition coefficient (Wildman–Crippen LogP) is 4.16. The fourth-order valence-electron chi connectivity index (χ4n) is 4.16. The predicted molar refractivity (Wildman–Crippen MR) is 116 cm³/mol. The number of allylic oxidation sites excluding steroid dienone is 4. The number of anilines is 1. The molecule has 1 aliphatic carbocycles. The molecule has 0 fully saturated rings. The van der Waals surface area contributed by atoms with Crippen molar-refractivity contribution in [3.05, 3.63) is 53.8 Å². The van der Waals surface area contributed by atoms with Gasteiger partial charge in [0.2, 0.25) is 5.91 Å². The van der Waals surface area contributed by atoms with Crippen molar-refractivity contribution in [2.75, 3.05) is 11.9 Å². The number of nitrogens with one attached hydrogen (secondary N) is 3. The molecule has 0 radical (unpaired) electrons. The van der Waals surface area contributed by atoms with Crippen molar-refractivity contribution in [2.24, 2.45) is 16.9 Å². The lowest BCUT2D eigenvalue weighted by molar-refractivity contribution is -0.117. The van der Waals surface area contributed by atoms with Crippen LogP contribution in [0.5, 0.6) is 0 Å². The Morgan fingerprint density at radius 3 is 3.10 bits per heavy atom. The van der Waals surface area contributed by atoms with E-state index in [-0.39, 0.29) is 18.2 Å². The van der Waals surface area contributed by atoms with E-state index in [9.17, 15) is 9.59 Å². The Hall–Kier alpha value is -3.15. The summed E-state index contributed by atoms with van der Waals surface area (Å²) >= 11 is 0. The van der Waals surface area contributed by atoms with Gasteiger partial charge in [-0.15, -0.1) is 0 Å². The molecule has 2 unspecified atom stereocenters. The highest BCUT2D eigenvalue weighted by Gasteiger charge is 2.20. The SMILES string of the molecule is CC1/C=C\C=C/CCC(CC(=O)Nc2cc3c4c(c[nH]c4c2)/C=N\NCC3=O)C1. The number of carbonyl (C=O) groups is 2. The van der Waals surface area contributed by atoms with E-state index < -0.39 is 0 Å². The average Bonchev–Trinajstić information content (AvgIpc) is 3.11. The number of benzene rings is 1. The van der Waals surface area contributed by atoms with Crippen LogP contribution in [0.15, 0.2) is 47.7 Å². The van der Waals surface area contributed by atoms with E-state index >= 15 is 0 Å². The zero-order chi connectivity index (χ0) is 20.2. The van der Waals surface area contributed by atoms with Crippen molar-refractivity contribution in [2.45, 2.75) is 32.6 Å². The van der Waals surface area contributed by atoms with E-state index in [2.05, 4.69) is 52.1 Å². The molecule has 0 spiro atoms. The van der Waals surface area contributed by atoms with Gasteiger partial charge in [-0.1, -0.05) is 31.2 Å². The van der Waals surface area contributed by atoms with Crippen LogP contribution in [-0.2, 0) is 4.79 Å². The highest BCUT2D eigenvalue weighted by Crippen LogP contribution is 2.28. The second-order valence-electron chi connectivity index (χ2n) is 7.93. The molecule has 2 heterocycles. The molecule has 3 N–H and O–H groups in total. The third-order valence-electron chi connectivity index (χ3n) is 5.54. The van der Waals surface area contributed by atoms with Crippen LogP contribution >= 0.6 is 0 Å². The lowest BCUT2D eigenvalue weighted by atomic mass is 9.89. The van der Waals surface area contributed by atoms with Crippen LogP contribution in [0.25, 0.3) is 10.9 Å². The van der Waals surface area contributed by atoms with Crippen molar-refractivity contribution in [3.8, 4) is 0 Å².